The van der Waals surface area contributed by atoms with Crippen LogP contribution in [-0.2, 0) is 16.6 Å². The molecular weight excluding hydrogens is 325 g/mol. The topological polar surface area (TPSA) is 93.4 Å². The Morgan fingerprint density at radius 2 is 2.13 bits per heavy atom. The number of carbonyl (C=O) groups is 1. The number of hydrogen-bond acceptors (Lipinski definition) is 6. The Kier molecular flexibility index (Phi) is 3.67. The maximum atomic E-state index is 13.3. The smallest absolute Gasteiger partial charge is 0.243 e. The number of anilines is 1. The number of benzene rings is 1. The molecule has 23 heavy (non-hydrogen) atoms. The standard InChI is InChI=1S/C14H14FN3O4S/c1-8(2)14-16-13(17-22-14)6-18-11-4-3-9(15)5-10(11)12(19)7-23(18,20)21/h3-5,8H,6-7H2,1-2H3. The summed E-state index contributed by atoms with van der Waals surface area (Å²) in [6, 6.07) is 3.41. The average Bonchev–Trinajstić information content (AvgIpc) is 2.92. The van der Waals surface area contributed by atoms with Gasteiger partial charge in [0, 0.05) is 11.5 Å². The zero-order valence-electron chi connectivity index (χ0n) is 12.5. The summed E-state index contributed by atoms with van der Waals surface area (Å²) in [6.07, 6.45) is 0. The Balaban J connectivity index is 2.02. The van der Waals surface area contributed by atoms with Crippen molar-refractivity contribution in [2.24, 2.45) is 0 Å². The van der Waals surface area contributed by atoms with Crippen molar-refractivity contribution in [3.8, 4) is 0 Å². The first-order valence-corrected chi connectivity index (χ1v) is 8.54. The van der Waals surface area contributed by atoms with Crippen LogP contribution in [0.25, 0.3) is 0 Å². The van der Waals surface area contributed by atoms with Crippen LogP contribution in [0.5, 0.6) is 0 Å². The number of sulfonamides is 1. The van der Waals surface area contributed by atoms with Crippen LogP contribution in [0.15, 0.2) is 22.7 Å². The van der Waals surface area contributed by atoms with E-state index in [-0.39, 0.29) is 29.5 Å². The lowest BCUT2D eigenvalue weighted by molar-refractivity contribution is 0.101. The minimum Gasteiger partial charge on any atom is -0.339 e. The lowest BCUT2D eigenvalue weighted by atomic mass is 10.1. The molecule has 0 N–H and O–H groups in total. The lowest BCUT2D eigenvalue weighted by Crippen LogP contribution is -2.40. The molecule has 0 spiro atoms. The molecule has 0 fully saturated rings. The molecule has 1 aromatic heterocycles. The molecule has 0 unspecified atom stereocenters. The molecule has 122 valence electrons. The highest BCUT2D eigenvalue weighted by Gasteiger charge is 2.36. The van der Waals surface area contributed by atoms with Crippen molar-refractivity contribution in [1.82, 2.24) is 10.1 Å². The van der Waals surface area contributed by atoms with E-state index in [0.717, 1.165) is 16.4 Å². The average molecular weight is 339 g/mol. The van der Waals surface area contributed by atoms with Gasteiger partial charge < -0.3 is 4.52 Å². The van der Waals surface area contributed by atoms with Crippen molar-refractivity contribution < 1.29 is 22.1 Å². The van der Waals surface area contributed by atoms with E-state index in [2.05, 4.69) is 10.1 Å². The number of rotatable bonds is 3. The van der Waals surface area contributed by atoms with Gasteiger partial charge in [0.1, 0.15) is 11.6 Å². The summed E-state index contributed by atoms with van der Waals surface area (Å²) in [4.78, 5) is 16.1. The number of aromatic nitrogens is 2. The summed E-state index contributed by atoms with van der Waals surface area (Å²) in [6.45, 7) is 3.56. The van der Waals surface area contributed by atoms with Crippen LogP contribution in [0, 0.1) is 5.82 Å². The van der Waals surface area contributed by atoms with Gasteiger partial charge in [0.25, 0.3) is 0 Å². The lowest BCUT2D eigenvalue weighted by Gasteiger charge is -2.28. The maximum Gasteiger partial charge on any atom is 0.243 e. The van der Waals surface area contributed by atoms with Crippen LogP contribution in [0.4, 0.5) is 10.1 Å². The first kappa shape index (κ1) is 15.6. The van der Waals surface area contributed by atoms with Gasteiger partial charge >= 0.3 is 0 Å². The molecule has 9 heteroatoms. The van der Waals surface area contributed by atoms with E-state index in [0.29, 0.717) is 5.89 Å². The highest BCUT2D eigenvalue weighted by atomic mass is 32.2. The summed E-state index contributed by atoms with van der Waals surface area (Å²) < 4.78 is 44.0. The van der Waals surface area contributed by atoms with Gasteiger partial charge in [0.05, 0.1) is 12.2 Å². The van der Waals surface area contributed by atoms with Crippen LogP contribution in [0.3, 0.4) is 0 Å². The van der Waals surface area contributed by atoms with Gasteiger partial charge in [-0.05, 0) is 18.2 Å². The van der Waals surface area contributed by atoms with E-state index in [1.807, 2.05) is 13.8 Å². The van der Waals surface area contributed by atoms with Gasteiger partial charge in [0.2, 0.25) is 15.9 Å². The van der Waals surface area contributed by atoms with E-state index in [1.54, 1.807) is 0 Å². The first-order chi connectivity index (χ1) is 10.8. The second-order valence-corrected chi connectivity index (χ2v) is 7.44. The van der Waals surface area contributed by atoms with E-state index in [4.69, 9.17) is 4.52 Å². The van der Waals surface area contributed by atoms with Gasteiger partial charge in [-0.3, -0.25) is 9.10 Å². The Hall–Kier alpha value is -2.29. The third kappa shape index (κ3) is 2.83. The molecule has 0 aliphatic carbocycles. The zero-order valence-corrected chi connectivity index (χ0v) is 13.3. The molecule has 3 rings (SSSR count). The molecule has 1 aromatic carbocycles. The SMILES string of the molecule is CC(C)c1nc(CN2c3ccc(F)cc3C(=O)CS2(=O)=O)no1. The van der Waals surface area contributed by atoms with Crippen LogP contribution >= 0.6 is 0 Å². The van der Waals surface area contributed by atoms with E-state index < -0.39 is 27.4 Å². The fourth-order valence-electron chi connectivity index (χ4n) is 2.30. The molecule has 0 saturated heterocycles. The van der Waals surface area contributed by atoms with Crippen LogP contribution in [-0.4, -0.2) is 30.1 Å². The van der Waals surface area contributed by atoms with Gasteiger partial charge in [-0.25, -0.2) is 12.8 Å². The van der Waals surface area contributed by atoms with Crippen molar-refractivity contribution in [1.29, 1.82) is 0 Å². The fourth-order valence-corrected chi connectivity index (χ4v) is 3.71. The van der Waals surface area contributed by atoms with Crippen molar-refractivity contribution in [3.05, 3.63) is 41.3 Å². The molecule has 2 heterocycles. The van der Waals surface area contributed by atoms with Crippen molar-refractivity contribution in [2.45, 2.75) is 26.3 Å². The van der Waals surface area contributed by atoms with Crippen molar-refractivity contribution in [2.75, 3.05) is 10.1 Å². The number of fused-ring (bicyclic) bond motifs is 1. The molecule has 2 aromatic rings. The van der Waals surface area contributed by atoms with Crippen molar-refractivity contribution in [3.63, 3.8) is 0 Å². The Bertz CT molecular complexity index is 876. The number of ketones is 1. The summed E-state index contributed by atoms with van der Waals surface area (Å²) in [5.74, 6) is -1.35. The highest BCUT2D eigenvalue weighted by Crippen LogP contribution is 2.31. The first-order valence-electron chi connectivity index (χ1n) is 6.93. The molecule has 0 saturated carbocycles. The Labute approximate surface area is 132 Å². The fraction of sp³-hybridized carbons (Fsp3) is 0.357. The largest absolute Gasteiger partial charge is 0.339 e. The molecule has 0 radical (unpaired) electrons. The minimum atomic E-state index is -3.87. The quantitative estimate of drug-likeness (QED) is 0.847. The molecule has 0 amide bonds. The molecule has 7 nitrogen and oxygen atoms in total. The summed E-state index contributed by atoms with van der Waals surface area (Å²) >= 11 is 0. The number of Topliss-reactive ketones (excluding diaryl/α,β-unsaturated/α-hetero) is 1. The minimum absolute atomic E-state index is 0.0113. The summed E-state index contributed by atoms with van der Waals surface area (Å²) in [5, 5.41) is 3.76. The van der Waals surface area contributed by atoms with Gasteiger partial charge in [-0.1, -0.05) is 19.0 Å². The van der Waals surface area contributed by atoms with Crippen LogP contribution in [0.1, 0.15) is 41.8 Å². The number of carbonyl (C=O) groups excluding carboxylic acids is 1. The highest BCUT2D eigenvalue weighted by molar-refractivity contribution is 7.93. The summed E-state index contributed by atoms with van der Waals surface area (Å²) in [7, 11) is -3.87. The number of hydrogen-bond donors (Lipinski definition) is 0. The van der Waals surface area contributed by atoms with Crippen LogP contribution < -0.4 is 4.31 Å². The van der Waals surface area contributed by atoms with E-state index in [1.165, 1.54) is 6.07 Å². The predicted molar refractivity (Wildman–Crippen MR) is 79.1 cm³/mol. The molecular formula is C14H14FN3O4S. The second kappa shape index (κ2) is 5.41. The van der Waals surface area contributed by atoms with Gasteiger partial charge in [-0.15, -0.1) is 0 Å². The Morgan fingerprint density at radius 1 is 1.39 bits per heavy atom. The molecule has 0 bridgehead atoms. The third-order valence-electron chi connectivity index (χ3n) is 3.44. The van der Waals surface area contributed by atoms with Crippen molar-refractivity contribution >= 4 is 21.5 Å². The van der Waals surface area contributed by atoms with E-state index in [9.17, 15) is 17.6 Å². The van der Waals surface area contributed by atoms with Gasteiger partial charge in [-0.2, -0.15) is 4.98 Å². The third-order valence-corrected chi connectivity index (χ3v) is 5.06. The maximum absolute atomic E-state index is 13.3. The number of halogens is 1. The molecule has 1 aliphatic rings. The monoisotopic (exact) mass is 339 g/mol. The zero-order chi connectivity index (χ0) is 16.8. The summed E-state index contributed by atoms with van der Waals surface area (Å²) in [5.41, 5.74) is 0.158. The molecule has 1 aliphatic heterocycles. The predicted octanol–water partition coefficient (Wildman–Crippen LogP) is 1.86. The van der Waals surface area contributed by atoms with E-state index >= 15 is 0 Å². The van der Waals surface area contributed by atoms with Gasteiger partial charge in [0.15, 0.2) is 11.6 Å². The number of nitrogens with zero attached hydrogens (tertiary/aromatic N) is 3. The normalized spacial score (nSPS) is 16.7. The molecule has 0 atom stereocenters. The van der Waals surface area contributed by atoms with Crippen LogP contribution in [0.2, 0.25) is 0 Å². The Morgan fingerprint density at radius 3 is 2.78 bits per heavy atom. The second-order valence-electron chi connectivity index (χ2n) is 5.55.